The van der Waals surface area contributed by atoms with E-state index < -0.39 is 0 Å². The summed E-state index contributed by atoms with van der Waals surface area (Å²) in [6.45, 7) is 2.44. The lowest BCUT2D eigenvalue weighted by molar-refractivity contribution is -0.129. The lowest BCUT2D eigenvalue weighted by Gasteiger charge is -2.48. The summed E-state index contributed by atoms with van der Waals surface area (Å²) in [5, 5.41) is 0. The number of Topliss-reactive ketones (excluding diaryl/α,β-unsaturated/α-hetero) is 1. The molecule has 0 spiro atoms. The molecule has 0 bridgehead atoms. The van der Waals surface area contributed by atoms with E-state index in [-0.39, 0.29) is 0 Å². The van der Waals surface area contributed by atoms with E-state index in [1.54, 1.807) is 0 Å². The molecule has 3 aliphatic rings. The normalized spacial score (nSPS) is 40.5. The highest BCUT2D eigenvalue weighted by Crippen LogP contribution is 2.59. The van der Waals surface area contributed by atoms with Gasteiger partial charge in [0.15, 0.2) is 0 Å². The van der Waals surface area contributed by atoms with E-state index >= 15 is 0 Å². The van der Waals surface area contributed by atoms with E-state index in [2.05, 4.69) is 31.2 Å². The molecule has 0 aromatic heterocycles. The molecular formula is C18H22O. The minimum absolute atomic E-state index is 0.330. The van der Waals surface area contributed by atoms with Gasteiger partial charge < -0.3 is 0 Å². The molecule has 0 unspecified atom stereocenters. The van der Waals surface area contributed by atoms with Gasteiger partial charge in [-0.05, 0) is 54.1 Å². The molecule has 4 rings (SSSR count). The van der Waals surface area contributed by atoms with Gasteiger partial charge in [0.2, 0.25) is 0 Å². The smallest absolute Gasteiger partial charge is 0.141 e. The van der Waals surface area contributed by atoms with Gasteiger partial charge in [-0.15, -0.1) is 0 Å². The SMILES string of the molecule is C[C@@]12CCC[C@H]1[C@@H]1C(=O)Cc3ccccc3[C@H]1CC2. The quantitative estimate of drug-likeness (QED) is 0.681. The molecule has 0 aliphatic heterocycles. The van der Waals surface area contributed by atoms with Crippen molar-refractivity contribution < 1.29 is 4.79 Å². The van der Waals surface area contributed by atoms with Crippen molar-refractivity contribution in [2.45, 2.75) is 51.4 Å². The molecular weight excluding hydrogens is 232 g/mol. The number of carbonyl (C=O) groups is 1. The molecule has 2 fully saturated rings. The van der Waals surface area contributed by atoms with Crippen LogP contribution in [0.2, 0.25) is 0 Å². The summed E-state index contributed by atoms with van der Waals surface area (Å²) in [5.41, 5.74) is 3.25. The van der Waals surface area contributed by atoms with Gasteiger partial charge in [-0.1, -0.05) is 37.6 Å². The van der Waals surface area contributed by atoms with Gasteiger partial charge >= 0.3 is 0 Å². The molecule has 0 saturated heterocycles. The van der Waals surface area contributed by atoms with Crippen LogP contribution in [0.15, 0.2) is 24.3 Å². The van der Waals surface area contributed by atoms with Crippen LogP contribution in [-0.4, -0.2) is 5.78 Å². The zero-order valence-electron chi connectivity index (χ0n) is 11.7. The van der Waals surface area contributed by atoms with Crippen LogP contribution in [-0.2, 0) is 11.2 Å². The first kappa shape index (κ1) is 11.7. The summed E-state index contributed by atoms with van der Waals surface area (Å²) < 4.78 is 0. The Balaban J connectivity index is 1.79. The minimum Gasteiger partial charge on any atom is -0.299 e. The van der Waals surface area contributed by atoms with Crippen molar-refractivity contribution in [2.75, 3.05) is 0 Å². The van der Waals surface area contributed by atoms with Crippen LogP contribution in [0.4, 0.5) is 0 Å². The molecule has 3 aliphatic carbocycles. The summed E-state index contributed by atoms with van der Waals surface area (Å²) in [5.74, 6) is 2.04. The van der Waals surface area contributed by atoms with E-state index in [1.165, 1.54) is 43.2 Å². The van der Waals surface area contributed by atoms with Crippen molar-refractivity contribution in [1.29, 1.82) is 0 Å². The van der Waals surface area contributed by atoms with E-state index in [0.29, 0.717) is 35.4 Å². The largest absolute Gasteiger partial charge is 0.299 e. The average Bonchev–Trinajstić information content (AvgIpc) is 2.80. The second-order valence-corrected chi connectivity index (χ2v) is 7.17. The van der Waals surface area contributed by atoms with Crippen molar-refractivity contribution in [3.05, 3.63) is 35.4 Å². The fraction of sp³-hybridized carbons (Fsp3) is 0.611. The summed E-state index contributed by atoms with van der Waals surface area (Å²) in [7, 11) is 0. The molecule has 1 nitrogen and oxygen atoms in total. The molecule has 0 radical (unpaired) electrons. The number of benzene rings is 1. The highest BCUT2D eigenvalue weighted by atomic mass is 16.1. The zero-order chi connectivity index (χ0) is 13.0. The monoisotopic (exact) mass is 254 g/mol. The standard InChI is InChI=1S/C18H22O/c1-18-9-4-7-15(18)17-14(8-10-18)13-6-3-2-5-12(13)11-16(17)19/h2-3,5-6,14-15,17H,4,7-11H2,1H3/t14-,15+,17-,18+/m1/s1. The highest BCUT2D eigenvalue weighted by molar-refractivity contribution is 5.87. The molecule has 100 valence electrons. The van der Waals surface area contributed by atoms with Crippen LogP contribution < -0.4 is 0 Å². The lowest BCUT2D eigenvalue weighted by Crippen LogP contribution is -2.44. The van der Waals surface area contributed by atoms with E-state index in [4.69, 9.17) is 0 Å². The maximum atomic E-state index is 12.7. The molecule has 0 amide bonds. The topological polar surface area (TPSA) is 17.1 Å². The molecule has 1 heteroatoms. The van der Waals surface area contributed by atoms with E-state index in [0.717, 1.165) is 0 Å². The fourth-order valence-electron chi connectivity index (χ4n) is 5.29. The summed E-state index contributed by atoms with van der Waals surface area (Å²) >= 11 is 0. The number of hydrogen-bond acceptors (Lipinski definition) is 1. The Morgan fingerprint density at radius 1 is 1.16 bits per heavy atom. The third-order valence-corrected chi connectivity index (χ3v) is 6.24. The third kappa shape index (κ3) is 1.57. The Labute approximate surface area is 115 Å². The maximum absolute atomic E-state index is 12.7. The second-order valence-electron chi connectivity index (χ2n) is 7.17. The zero-order valence-corrected chi connectivity index (χ0v) is 11.7. The first-order valence-corrected chi connectivity index (χ1v) is 7.79. The highest BCUT2D eigenvalue weighted by Gasteiger charge is 2.52. The van der Waals surface area contributed by atoms with Gasteiger partial charge in [-0.3, -0.25) is 4.79 Å². The van der Waals surface area contributed by atoms with Crippen molar-refractivity contribution in [2.24, 2.45) is 17.3 Å². The number of carbonyl (C=O) groups excluding carboxylic acids is 1. The van der Waals surface area contributed by atoms with Crippen molar-refractivity contribution >= 4 is 5.78 Å². The predicted octanol–water partition coefficient (Wildman–Crippen LogP) is 4.11. The summed E-state index contributed by atoms with van der Waals surface area (Å²) in [4.78, 5) is 12.7. The molecule has 0 N–H and O–H groups in total. The van der Waals surface area contributed by atoms with Crippen molar-refractivity contribution in [3.63, 3.8) is 0 Å². The van der Waals surface area contributed by atoms with Gasteiger partial charge in [0.25, 0.3) is 0 Å². The van der Waals surface area contributed by atoms with Gasteiger partial charge in [-0.25, -0.2) is 0 Å². The molecule has 1 aromatic carbocycles. The summed E-state index contributed by atoms with van der Waals surface area (Å²) in [6.07, 6.45) is 7.19. The predicted molar refractivity (Wildman–Crippen MR) is 76.1 cm³/mol. The van der Waals surface area contributed by atoms with Crippen LogP contribution in [0.25, 0.3) is 0 Å². The van der Waals surface area contributed by atoms with Crippen molar-refractivity contribution in [3.8, 4) is 0 Å². The Morgan fingerprint density at radius 2 is 2.00 bits per heavy atom. The Kier molecular flexibility index (Phi) is 2.43. The van der Waals surface area contributed by atoms with Crippen LogP contribution in [0.5, 0.6) is 0 Å². The van der Waals surface area contributed by atoms with E-state index in [9.17, 15) is 4.79 Å². The number of fused-ring (bicyclic) bond motifs is 5. The Hall–Kier alpha value is -1.11. The molecule has 0 heterocycles. The van der Waals surface area contributed by atoms with Gasteiger partial charge in [-0.2, -0.15) is 0 Å². The van der Waals surface area contributed by atoms with Gasteiger partial charge in [0.1, 0.15) is 5.78 Å². The van der Waals surface area contributed by atoms with Crippen LogP contribution in [0.1, 0.15) is 56.1 Å². The average molecular weight is 254 g/mol. The number of rotatable bonds is 0. The van der Waals surface area contributed by atoms with E-state index in [1.807, 2.05) is 0 Å². The number of hydrogen-bond donors (Lipinski definition) is 0. The Morgan fingerprint density at radius 3 is 2.89 bits per heavy atom. The first-order valence-electron chi connectivity index (χ1n) is 7.79. The minimum atomic E-state index is 0.330. The molecule has 2 saturated carbocycles. The van der Waals surface area contributed by atoms with Crippen LogP contribution in [0, 0.1) is 17.3 Å². The first-order chi connectivity index (χ1) is 9.19. The van der Waals surface area contributed by atoms with Crippen LogP contribution >= 0.6 is 0 Å². The Bertz CT molecular complexity index is 532. The number of ketones is 1. The fourth-order valence-corrected chi connectivity index (χ4v) is 5.29. The second kappa shape index (κ2) is 3.94. The molecule has 19 heavy (non-hydrogen) atoms. The van der Waals surface area contributed by atoms with Crippen LogP contribution in [0.3, 0.4) is 0 Å². The van der Waals surface area contributed by atoms with Crippen molar-refractivity contribution in [1.82, 2.24) is 0 Å². The molecule has 4 atom stereocenters. The van der Waals surface area contributed by atoms with Gasteiger partial charge in [0, 0.05) is 12.3 Å². The maximum Gasteiger partial charge on any atom is 0.141 e. The lowest BCUT2D eigenvalue weighted by atomic mass is 9.55. The summed E-state index contributed by atoms with van der Waals surface area (Å²) in [6, 6.07) is 8.66. The molecule has 1 aromatic rings. The third-order valence-electron chi connectivity index (χ3n) is 6.24. The van der Waals surface area contributed by atoms with Gasteiger partial charge in [0.05, 0.1) is 0 Å².